The molecule has 1 heterocycles. The number of hydrogen-bond donors (Lipinski definition) is 1. The van der Waals surface area contributed by atoms with Crippen molar-refractivity contribution in [2.24, 2.45) is 5.92 Å². The van der Waals surface area contributed by atoms with Crippen molar-refractivity contribution in [2.45, 2.75) is 59.5 Å². The minimum Gasteiger partial charge on any atom is -0.309 e. The zero-order valence-electron chi connectivity index (χ0n) is 12.0. The molecule has 0 aliphatic heterocycles. The highest BCUT2D eigenvalue weighted by Crippen LogP contribution is 2.27. The molecule has 1 rings (SSSR count). The number of nitrogens with zero attached hydrogens (tertiary/aromatic N) is 2. The number of nitrogens with one attached hydrogen (secondary N) is 1. The first-order valence-electron chi connectivity index (χ1n) is 7.04. The number of aromatic nitrogens is 2. The lowest BCUT2D eigenvalue weighted by Gasteiger charge is -2.21. The van der Waals surface area contributed by atoms with Crippen LogP contribution in [-0.2, 0) is 6.54 Å². The molecule has 0 radical (unpaired) electrons. The molecule has 0 bridgehead atoms. The van der Waals surface area contributed by atoms with Crippen LogP contribution in [0.25, 0.3) is 0 Å². The third-order valence-corrected chi connectivity index (χ3v) is 3.37. The normalized spacial score (nSPS) is 13.2. The average molecular weight is 272 g/mol. The van der Waals surface area contributed by atoms with Gasteiger partial charge in [0.2, 0.25) is 0 Å². The third-order valence-electron chi connectivity index (χ3n) is 3.08. The molecule has 1 aromatic heterocycles. The fourth-order valence-electron chi connectivity index (χ4n) is 2.19. The number of aryl methyl sites for hydroxylation is 1. The second kappa shape index (κ2) is 7.80. The lowest BCUT2D eigenvalue weighted by atomic mass is 10.0. The van der Waals surface area contributed by atoms with Gasteiger partial charge in [0.15, 0.2) is 0 Å². The number of hydrogen-bond acceptors (Lipinski definition) is 2. The van der Waals surface area contributed by atoms with Crippen LogP contribution in [-0.4, -0.2) is 16.3 Å². The summed E-state index contributed by atoms with van der Waals surface area (Å²) >= 11 is 6.30. The van der Waals surface area contributed by atoms with E-state index in [1.165, 1.54) is 6.42 Å². The van der Waals surface area contributed by atoms with Crippen molar-refractivity contribution in [1.82, 2.24) is 15.1 Å². The minimum absolute atomic E-state index is 0.318. The van der Waals surface area contributed by atoms with Gasteiger partial charge in [-0.05, 0) is 31.7 Å². The van der Waals surface area contributed by atoms with Gasteiger partial charge >= 0.3 is 0 Å². The first-order valence-corrected chi connectivity index (χ1v) is 7.42. The van der Waals surface area contributed by atoms with Crippen molar-refractivity contribution < 1.29 is 0 Å². The highest BCUT2D eigenvalue weighted by molar-refractivity contribution is 6.31. The van der Waals surface area contributed by atoms with Gasteiger partial charge in [-0.3, -0.25) is 4.68 Å². The van der Waals surface area contributed by atoms with Crippen molar-refractivity contribution in [1.29, 1.82) is 0 Å². The van der Waals surface area contributed by atoms with Crippen molar-refractivity contribution in [2.75, 3.05) is 6.54 Å². The van der Waals surface area contributed by atoms with Gasteiger partial charge in [-0.1, -0.05) is 39.3 Å². The van der Waals surface area contributed by atoms with Crippen LogP contribution in [0.5, 0.6) is 0 Å². The van der Waals surface area contributed by atoms with Gasteiger partial charge in [-0.25, -0.2) is 0 Å². The van der Waals surface area contributed by atoms with Gasteiger partial charge < -0.3 is 5.32 Å². The summed E-state index contributed by atoms with van der Waals surface area (Å²) < 4.78 is 2.05. The van der Waals surface area contributed by atoms with E-state index in [9.17, 15) is 0 Å². The van der Waals surface area contributed by atoms with Crippen LogP contribution in [0.2, 0.25) is 5.02 Å². The third kappa shape index (κ3) is 4.29. The van der Waals surface area contributed by atoms with Crippen LogP contribution in [0.15, 0.2) is 6.20 Å². The van der Waals surface area contributed by atoms with Crippen molar-refractivity contribution in [3.8, 4) is 0 Å². The lowest BCUT2D eigenvalue weighted by molar-refractivity contribution is 0.417. The Kier molecular flexibility index (Phi) is 6.72. The van der Waals surface area contributed by atoms with Gasteiger partial charge in [-0.15, -0.1) is 0 Å². The fourth-order valence-corrected chi connectivity index (χ4v) is 2.46. The van der Waals surface area contributed by atoms with Gasteiger partial charge in [0.25, 0.3) is 0 Å². The Bertz CT molecular complexity index is 347. The molecule has 1 atom stereocenters. The van der Waals surface area contributed by atoms with Gasteiger partial charge in [0, 0.05) is 6.54 Å². The fraction of sp³-hybridized carbons (Fsp3) is 0.786. The van der Waals surface area contributed by atoms with Gasteiger partial charge in [0.1, 0.15) is 0 Å². The second-order valence-corrected chi connectivity index (χ2v) is 5.59. The Labute approximate surface area is 116 Å². The van der Waals surface area contributed by atoms with Crippen LogP contribution in [0.4, 0.5) is 0 Å². The molecule has 104 valence electrons. The van der Waals surface area contributed by atoms with E-state index in [0.29, 0.717) is 12.0 Å². The Morgan fingerprint density at radius 3 is 2.61 bits per heavy atom. The molecule has 1 aromatic rings. The summed E-state index contributed by atoms with van der Waals surface area (Å²) in [4.78, 5) is 0. The highest BCUT2D eigenvalue weighted by Gasteiger charge is 2.19. The predicted octanol–water partition coefficient (Wildman–Crippen LogP) is 4.03. The molecule has 18 heavy (non-hydrogen) atoms. The average Bonchev–Trinajstić information content (AvgIpc) is 2.67. The minimum atomic E-state index is 0.318. The molecule has 0 aliphatic rings. The molecule has 0 saturated heterocycles. The molecule has 3 nitrogen and oxygen atoms in total. The summed E-state index contributed by atoms with van der Waals surface area (Å²) in [7, 11) is 0. The first-order chi connectivity index (χ1) is 8.60. The van der Waals surface area contributed by atoms with Crippen molar-refractivity contribution in [3.63, 3.8) is 0 Å². The zero-order valence-corrected chi connectivity index (χ0v) is 12.8. The van der Waals surface area contributed by atoms with Crippen LogP contribution < -0.4 is 5.32 Å². The molecule has 1 unspecified atom stereocenters. The van der Waals surface area contributed by atoms with Crippen LogP contribution in [0.1, 0.15) is 58.7 Å². The van der Waals surface area contributed by atoms with E-state index >= 15 is 0 Å². The summed E-state index contributed by atoms with van der Waals surface area (Å²) in [6.07, 6.45) is 5.16. The van der Waals surface area contributed by atoms with E-state index in [-0.39, 0.29) is 0 Å². The maximum absolute atomic E-state index is 6.30. The molecule has 0 aromatic carbocycles. The SMILES string of the molecule is CCCn1ncc(Cl)c1C(CCC(C)C)NCC. The van der Waals surface area contributed by atoms with E-state index in [4.69, 9.17) is 11.6 Å². The predicted molar refractivity (Wildman–Crippen MR) is 78.0 cm³/mol. The smallest absolute Gasteiger partial charge is 0.0834 e. The molecule has 0 amide bonds. The number of halogens is 1. The standard InChI is InChI=1S/C14H26ClN3/c1-5-9-18-14(12(15)10-17-18)13(16-6-2)8-7-11(3)4/h10-11,13,16H,5-9H2,1-4H3. The molecule has 0 spiro atoms. The summed E-state index contributed by atoms with van der Waals surface area (Å²) in [5.41, 5.74) is 1.15. The summed E-state index contributed by atoms with van der Waals surface area (Å²) in [6, 6.07) is 0.318. The topological polar surface area (TPSA) is 29.9 Å². The molecule has 0 saturated carbocycles. The molecule has 1 N–H and O–H groups in total. The van der Waals surface area contributed by atoms with E-state index in [2.05, 4.69) is 42.8 Å². The molecular formula is C14H26ClN3. The Morgan fingerprint density at radius 2 is 2.06 bits per heavy atom. The van der Waals surface area contributed by atoms with Gasteiger partial charge in [0.05, 0.1) is 23.0 Å². The molecular weight excluding hydrogens is 246 g/mol. The second-order valence-electron chi connectivity index (χ2n) is 5.18. The summed E-state index contributed by atoms with van der Waals surface area (Å²) in [6.45, 7) is 10.7. The van der Waals surface area contributed by atoms with Crippen LogP contribution in [0, 0.1) is 5.92 Å². The van der Waals surface area contributed by atoms with E-state index in [1.807, 2.05) is 0 Å². The van der Waals surface area contributed by atoms with E-state index in [1.54, 1.807) is 6.20 Å². The van der Waals surface area contributed by atoms with E-state index < -0.39 is 0 Å². The van der Waals surface area contributed by atoms with Crippen molar-refractivity contribution in [3.05, 3.63) is 16.9 Å². The van der Waals surface area contributed by atoms with E-state index in [0.717, 1.165) is 36.6 Å². The summed E-state index contributed by atoms with van der Waals surface area (Å²) in [5.74, 6) is 0.715. The summed E-state index contributed by atoms with van der Waals surface area (Å²) in [5, 5.41) is 8.71. The highest BCUT2D eigenvalue weighted by atomic mass is 35.5. The maximum Gasteiger partial charge on any atom is 0.0834 e. The van der Waals surface area contributed by atoms with Crippen LogP contribution in [0.3, 0.4) is 0 Å². The first kappa shape index (κ1) is 15.5. The zero-order chi connectivity index (χ0) is 13.5. The molecule has 4 heteroatoms. The Hall–Kier alpha value is -0.540. The van der Waals surface area contributed by atoms with Gasteiger partial charge in [-0.2, -0.15) is 5.10 Å². The molecule has 0 fully saturated rings. The largest absolute Gasteiger partial charge is 0.309 e. The van der Waals surface area contributed by atoms with Crippen molar-refractivity contribution >= 4 is 11.6 Å². The molecule has 0 aliphatic carbocycles. The Morgan fingerprint density at radius 1 is 1.33 bits per heavy atom. The quantitative estimate of drug-likeness (QED) is 0.774. The number of rotatable bonds is 8. The Balaban J connectivity index is 2.85. The lowest BCUT2D eigenvalue weighted by Crippen LogP contribution is -2.24. The monoisotopic (exact) mass is 271 g/mol. The van der Waals surface area contributed by atoms with Crippen LogP contribution >= 0.6 is 11.6 Å². The maximum atomic E-state index is 6.30.